The summed E-state index contributed by atoms with van der Waals surface area (Å²) in [6.07, 6.45) is 6.53. The van der Waals surface area contributed by atoms with E-state index in [1.54, 1.807) is 7.11 Å². The van der Waals surface area contributed by atoms with E-state index >= 15 is 0 Å². The predicted octanol–water partition coefficient (Wildman–Crippen LogP) is 4.25. The van der Waals surface area contributed by atoms with E-state index in [1.807, 2.05) is 36.9 Å². The molecule has 19 heavy (non-hydrogen) atoms. The smallest absolute Gasteiger partial charge is 0.176 e. The lowest BCUT2D eigenvalue weighted by molar-refractivity contribution is 0.101. The van der Waals surface area contributed by atoms with Gasteiger partial charge in [0.25, 0.3) is 0 Å². The monoisotopic (exact) mass is 278 g/mol. The van der Waals surface area contributed by atoms with E-state index in [0.717, 1.165) is 11.1 Å². The number of benzene rings is 1. The minimum Gasteiger partial charge on any atom is -0.496 e. The molecule has 0 N–H and O–H groups in total. The average molecular weight is 278 g/mol. The van der Waals surface area contributed by atoms with Gasteiger partial charge in [-0.05, 0) is 37.5 Å². The molecule has 2 rings (SSSR count). The molecule has 1 aromatic rings. The van der Waals surface area contributed by atoms with Gasteiger partial charge in [-0.25, -0.2) is 0 Å². The summed E-state index contributed by atoms with van der Waals surface area (Å²) >= 11 is 1.82. The molecule has 1 fully saturated rings. The maximum absolute atomic E-state index is 12.3. The number of rotatable bonds is 5. The van der Waals surface area contributed by atoms with E-state index in [1.165, 1.54) is 32.1 Å². The normalized spacial score (nSPS) is 16.3. The third-order valence-corrected chi connectivity index (χ3v) is 5.03. The summed E-state index contributed by atoms with van der Waals surface area (Å²) in [5.74, 6) is 1.46. The van der Waals surface area contributed by atoms with E-state index in [9.17, 15) is 4.79 Å². The number of Topliss-reactive ketones (excluding diaryl/α,β-unsaturated/α-hetero) is 1. The topological polar surface area (TPSA) is 26.3 Å². The largest absolute Gasteiger partial charge is 0.496 e. The Morgan fingerprint density at radius 3 is 2.74 bits per heavy atom. The van der Waals surface area contributed by atoms with Gasteiger partial charge in [-0.2, -0.15) is 11.8 Å². The van der Waals surface area contributed by atoms with E-state index in [4.69, 9.17) is 4.74 Å². The van der Waals surface area contributed by atoms with E-state index in [0.29, 0.717) is 16.8 Å². The molecule has 2 nitrogen and oxygen atoms in total. The molecule has 3 heteroatoms. The highest BCUT2D eigenvalue weighted by atomic mass is 32.2. The van der Waals surface area contributed by atoms with Crippen LogP contribution in [0.4, 0.5) is 0 Å². The first kappa shape index (κ1) is 14.4. The molecular formula is C16H22O2S. The predicted molar refractivity (Wildman–Crippen MR) is 81.4 cm³/mol. The number of methoxy groups -OCH3 is 1. The fourth-order valence-electron chi connectivity index (χ4n) is 2.53. The van der Waals surface area contributed by atoms with Crippen molar-refractivity contribution in [3.05, 3.63) is 29.3 Å². The number of ether oxygens (including phenoxy) is 1. The molecule has 0 amide bonds. The third-order valence-electron chi connectivity index (χ3n) is 3.66. The van der Waals surface area contributed by atoms with Gasteiger partial charge in [-0.3, -0.25) is 4.79 Å². The number of thioether (sulfide) groups is 1. The molecule has 1 aliphatic carbocycles. The van der Waals surface area contributed by atoms with Crippen molar-refractivity contribution in [2.45, 2.75) is 44.3 Å². The van der Waals surface area contributed by atoms with Gasteiger partial charge in [-0.1, -0.05) is 25.3 Å². The van der Waals surface area contributed by atoms with E-state index < -0.39 is 0 Å². The van der Waals surface area contributed by atoms with Crippen LogP contribution in [-0.2, 0) is 0 Å². The number of hydrogen-bond donors (Lipinski definition) is 0. The highest BCUT2D eigenvalue weighted by Gasteiger charge is 2.17. The minimum absolute atomic E-state index is 0.187. The van der Waals surface area contributed by atoms with Gasteiger partial charge >= 0.3 is 0 Å². The van der Waals surface area contributed by atoms with Crippen molar-refractivity contribution in [1.82, 2.24) is 0 Å². The first-order chi connectivity index (χ1) is 9.20. The van der Waals surface area contributed by atoms with Crippen LogP contribution in [0.1, 0.15) is 48.0 Å². The summed E-state index contributed by atoms with van der Waals surface area (Å²) in [6, 6.07) is 5.79. The Bertz CT molecular complexity index is 436. The number of aryl methyl sites for hydroxylation is 1. The SMILES string of the molecule is COc1cc(C)ccc1C(=O)CSC1CCCCC1. The zero-order valence-electron chi connectivity index (χ0n) is 11.8. The molecule has 0 unspecified atom stereocenters. The van der Waals surface area contributed by atoms with Crippen LogP contribution in [-0.4, -0.2) is 23.9 Å². The summed E-state index contributed by atoms with van der Waals surface area (Å²) in [5, 5.41) is 0.675. The number of hydrogen-bond acceptors (Lipinski definition) is 3. The Balaban J connectivity index is 1.95. The van der Waals surface area contributed by atoms with Gasteiger partial charge in [0.2, 0.25) is 0 Å². The molecule has 1 saturated carbocycles. The van der Waals surface area contributed by atoms with Crippen LogP contribution in [0, 0.1) is 6.92 Å². The third kappa shape index (κ3) is 4.00. The molecule has 0 bridgehead atoms. The zero-order chi connectivity index (χ0) is 13.7. The highest BCUT2D eigenvalue weighted by Crippen LogP contribution is 2.29. The summed E-state index contributed by atoms with van der Waals surface area (Å²) in [5.41, 5.74) is 1.84. The molecule has 1 aromatic carbocycles. The van der Waals surface area contributed by atoms with E-state index in [2.05, 4.69) is 0 Å². The van der Waals surface area contributed by atoms with Crippen LogP contribution in [0.15, 0.2) is 18.2 Å². The Morgan fingerprint density at radius 2 is 2.05 bits per heavy atom. The molecule has 0 atom stereocenters. The number of carbonyl (C=O) groups is 1. The second kappa shape index (κ2) is 6.99. The fraction of sp³-hybridized carbons (Fsp3) is 0.562. The maximum Gasteiger partial charge on any atom is 0.176 e. The molecule has 104 valence electrons. The summed E-state index contributed by atoms with van der Waals surface area (Å²) in [4.78, 5) is 12.3. The highest BCUT2D eigenvalue weighted by molar-refractivity contribution is 8.00. The van der Waals surface area contributed by atoms with Gasteiger partial charge in [-0.15, -0.1) is 0 Å². The van der Waals surface area contributed by atoms with Gasteiger partial charge in [0, 0.05) is 5.25 Å². The van der Waals surface area contributed by atoms with Crippen molar-refractivity contribution in [3.8, 4) is 5.75 Å². The molecule has 0 aromatic heterocycles. The average Bonchev–Trinajstić information content (AvgIpc) is 2.45. The number of ketones is 1. The Hall–Kier alpha value is -0.960. The quantitative estimate of drug-likeness (QED) is 0.753. The molecule has 0 saturated heterocycles. The maximum atomic E-state index is 12.3. The number of carbonyl (C=O) groups excluding carboxylic acids is 1. The van der Waals surface area contributed by atoms with Crippen molar-refractivity contribution in [2.75, 3.05) is 12.9 Å². The molecule has 0 heterocycles. The minimum atomic E-state index is 0.187. The van der Waals surface area contributed by atoms with Crippen molar-refractivity contribution in [1.29, 1.82) is 0 Å². The summed E-state index contributed by atoms with van der Waals surface area (Å²) < 4.78 is 5.31. The zero-order valence-corrected chi connectivity index (χ0v) is 12.6. The second-order valence-corrected chi connectivity index (χ2v) is 6.49. The van der Waals surface area contributed by atoms with Gasteiger partial charge < -0.3 is 4.74 Å². The lowest BCUT2D eigenvalue weighted by Gasteiger charge is -2.20. The summed E-state index contributed by atoms with van der Waals surface area (Å²) in [6.45, 7) is 2.01. The fourth-order valence-corrected chi connectivity index (χ4v) is 3.74. The summed E-state index contributed by atoms with van der Waals surface area (Å²) in [7, 11) is 1.62. The molecule has 0 aliphatic heterocycles. The van der Waals surface area contributed by atoms with Crippen LogP contribution in [0.5, 0.6) is 5.75 Å². The first-order valence-corrected chi connectivity index (χ1v) is 8.05. The van der Waals surface area contributed by atoms with Gasteiger partial charge in [0.15, 0.2) is 5.78 Å². The first-order valence-electron chi connectivity index (χ1n) is 7.00. The van der Waals surface area contributed by atoms with Crippen molar-refractivity contribution < 1.29 is 9.53 Å². The van der Waals surface area contributed by atoms with Crippen molar-refractivity contribution in [3.63, 3.8) is 0 Å². The molecule has 1 aliphatic rings. The Labute approximate surface area is 119 Å². The van der Waals surface area contributed by atoms with E-state index in [-0.39, 0.29) is 5.78 Å². The van der Waals surface area contributed by atoms with Crippen molar-refractivity contribution in [2.24, 2.45) is 0 Å². The Kier molecular flexibility index (Phi) is 5.32. The molecular weight excluding hydrogens is 256 g/mol. The standard InChI is InChI=1S/C16H22O2S/c1-12-8-9-14(16(10-12)18-2)15(17)11-19-13-6-4-3-5-7-13/h8-10,13H,3-7,11H2,1-2H3. The molecule has 0 spiro atoms. The van der Waals surface area contributed by atoms with Crippen molar-refractivity contribution >= 4 is 17.5 Å². The second-order valence-electron chi connectivity index (χ2n) is 5.20. The van der Waals surface area contributed by atoms with Gasteiger partial charge in [0.1, 0.15) is 5.75 Å². The van der Waals surface area contributed by atoms with Crippen LogP contribution < -0.4 is 4.74 Å². The van der Waals surface area contributed by atoms with Crippen LogP contribution in [0.2, 0.25) is 0 Å². The molecule has 0 radical (unpaired) electrons. The van der Waals surface area contributed by atoms with Crippen LogP contribution in [0.3, 0.4) is 0 Å². The lowest BCUT2D eigenvalue weighted by atomic mass is 10.0. The van der Waals surface area contributed by atoms with Gasteiger partial charge in [0.05, 0.1) is 18.4 Å². The van der Waals surface area contributed by atoms with Crippen LogP contribution in [0.25, 0.3) is 0 Å². The Morgan fingerprint density at radius 1 is 1.32 bits per heavy atom. The lowest BCUT2D eigenvalue weighted by Crippen LogP contribution is -2.13. The van der Waals surface area contributed by atoms with Crippen LogP contribution >= 0.6 is 11.8 Å².